The first-order valence-corrected chi connectivity index (χ1v) is 5.92. The predicted octanol–water partition coefficient (Wildman–Crippen LogP) is 2.95. The van der Waals surface area contributed by atoms with E-state index in [-0.39, 0.29) is 11.4 Å². The van der Waals surface area contributed by atoms with Crippen LogP contribution in [0, 0.1) is 0 Å². The highest BCUT2D eigenvalue weighted by Gasteiger charge is 2.17. The van der Waals surface area contributed by atoms with Crippen LogP contribution in [0.3, 0.4) is 0 Å². The van der Waals surface area contributed by atoms with Gasteiger partial charge in [0.15, 0.2) is 0 Å². The van der Waals surface area contributed by atoms with Gasteiger partial charge in [-0.3, -0.25) is 0 Å². The van der Waals surface area contributed by atoms with Gasteiger partial charge >= 0.3 is 0 Å². The van der Waals surface area contributed by atoms with Gasteiger partial charge in [0.1, 0.15) is 5.75 Å². The van der Waals surface area contributed by atoms with Crippen LogP contribution in [-0.4, -0.2) is 23.1 Å². The van der Waals surface area contributed by atoms with Crippen LogP contribution in [0.2, 0.25) is 0 Å². The van der Waals surface area contributed by atoms with Gasteiger partial charge in [0, 0.05) is 9.64 Å². The van der Waals surface area contributed by atoms with Crippen molar-refractivity contribution < 1.29 is 9.84 Å². The maximum atomic E-state index is 9.15. The first kappa shape index (κ1) is 12.4. The van der Waals surface area contributed by atoms with Crippen molar-refractivity contribution in [1.29, 1.82) is 0 Å². The minimum Gasteiger partial charge on any atom is -0.494 e. The maximum Gasteiger partial charge on any atom is 0.119 e. The van der Waals surface area contributed by atoms with Crippen molar-refractivity contribution in [1.82, 2.24) is 0 Å². The van der Waals surface area contributed by atoms with Crippen molar-refractivity contribution >= 4 is 11.8 Å². The van der Waals surface area contributed by atoms with E-state index in [1.807, 2.05) is 45.0 Å². The van der Waals surface area contributed by atoms with Gasteiger partial charge in [-0.1, -0.05) is 0 Å². The van der Waals surface area contributed by atoms with Gasteiger partial charge in [-0.05, 0) is 45.0 Å². The highest BCUT2D eigenvalue weighted by Crippen LogP contribution is 2.32. The second-order valence-corrected chi connectivity index (χ2v) is 5.70. The third-order valence-corrected chi connectivity index (χ3v) is 3.10. The summed E-state index contributed by atoms with van der Waals surface area (Å²) in [6, 6.07) is 7.96. The van der Waals surface area contributed by atoms with Crippen LogP contribution in [0.1, 0.15) is 20.8 Å². The van der Waals surface area contributed by atoms with E-state index in [2.05, 4.69) is 0 Å². The van der Waals surface area contributed by atoms with Crippen molar-refractivity contribution in [3.8, 4) is 5.75 Å². The lowest BCUT2D eigenvalue weighted by molar-refractivity contribution is 0.265. The van der Waals surface area contributed by atoms with E-state index in [9.17, 15) is 0 Å². The van der Waals surface area contributed by atoms with Crippen LogP contribution in [0.15, 0.2) is 29.2 Å². The summed E-state index contributed by atoms with van der Waals surface area (Å²) in [6.07, 6.45) is 0. The molecule has 0 fully saturated rings. The molecule has 0 radical (unpaired) electrons. The Balaban J connectivity index is 2.64. The Morgan fingerprint density at radius 2 is 1.87 bits per heavy atom. The summed E-state index contributed by atoms with van der Waals surface area (Å²) in [4.78, 5) is 1.15. The molecule has 0 saturated heterocycles. The zero-order valence-electron chi connectivity index (χ0n) is 9.49. The van der Waals surface area contributed by atoms with Crippen LogP contribution in [0.25, 0.3) is 0 Å². The molecular formula is C12H18O2S. The Morgan fingerprint density at radius 1 is 1.27 bits per heavy atom. The lowest BCUT2D eigenvalue weighted by Gasteiger charge is -2.20. The Bertz CT molecular complexity index is 293. The van der Waals surface area contributed by atoms with Crippen LogP contribution in [-0.2, 0) is 0 Å². The second-order valence-electron chi connectivity index (χ2n) is 3.92. The molecule has 1 rings (SSSR count). The average molecular weight is 226 g/mol. The Morgan fingerprint density at radius 3 is 2.33 bits per heavy atom. The Labute approximate surface area is 95.7 Å². The number of hydrogen-bond acceptors (Lipinski definition) is 3. The van der Waals surface area contributed by atoms with Gasteiger partial charge in [-0.15, -0.1) is 11.8 Å². The van der Waals surface area contributed by atoms with Gasteiger partial charge in [0.05, 0.1) is 13.2 Å². The Kier molecular flexibility index (Phi) is 4.48. The molecular weight excluding hydrogens is 208 g/mol. The summed E-state index contributed by atoms with van der Waals surface area (Å²) in [6.45, 7) is 6.87. The molecule has 0 aliphatic heterocycles. The lowest BCUT2D eigenvalue weighted by Crippen LogP contribution is -2.19. The van der Waals surface area contributed by atoms with Crippen LogP contribution < -0.4 is 4.74 Å². The molecule has 0 aromatic heterocycles. The topological polar surface area (TPSA) is 29.5 Å². The summed E-state index contributed by atoms with van der Waals surface area (Å²) in [5, 5.41) is 9.15. The van der Waals surface area contributed by atoms with Gasteiger partial charge in [-0.25, -0.2) is 0 Å². The monoisotopic (exact) mass is 226 g/mol. The van der Waals surface area contributed by atoms with Crippen molar-refractivity contribution in [3.05, 3.63) is 24.3 Å². The maximum absolute atomic E-state index is 9.15. The van der Waals surface area contributed by atoms with Gasteiger partial charge in [0.2, 0.25) is 0 Å². The van der Waals surface area contributed by atoms with E-state index in [4.69, 9.17) is 9.84 Å². The van der Waals surface area contributed by atoms with E-state index in [1.54, 1.807) is 11.8 Å². The van der Waals surface area contributed by atoms with E-state index >= 15 is 0 Å². The first-order valence-electron chi connectivity index (χ1n) is 5.10. The minimum atomic E-state index is -0.132. The molecule has 0 heterocycles. The summed E-state index contributed by atoms with van der Waals surface area (Å²) in [5.74, 6) is 0.892. The molecule has 1 aromatic rings. The normalized spacial score (nSPS) is 11.5. The third kappa shape index (κ3) is 4.14. The second kappa shape index (κ2) is 5.42. The fourth-order valence-corrected chi connectivity index (χ4v) is 2.10. The van der Waals surface area contributed by atoms with Crippen LogP contribution in [0.5, 0.6) is 5.75 Å². The molecule has 0 spiro atoms. The lowest BCUT2D eigenvalue weighted by atomic mass is 10.2. The largest absolute Gasteiger partial charge is 0.494 e. The fourth-order valence-electron chi connectivity index (χ4n) is 1.12. The van der Waals surface area contributed by atoms with E-state index in [0.717, 1.165) is 10.6 Å². The predicted molar refractivity (Wildman–Crippen MR) is 64.6 cm³/mol. The number of hydrogen-bond donors (Lipinski definition) is 1. The molecule has 0 atom stereocenters. The number of thioether (sulfide) groups is 1. The zero-order valence-corrected chi connectivity index (χ0v) is 10.3. The van der Waals surface area contributed by atoms with E-state index in [1.165, 1.54) is 0 Å². The average Bonchev–Trinajstić information content (AvgIpc) is 2.21. The molecule has 1 aromatic carbocycles. The summed E-state index contributed by atoms with van der Waals surface area (Å²) >= 11 is 1.67. The molecule has 0 unspecified atom stereocenters. The third-order valence-electron chi connectivity index (χ3n) is 1.91. The fraction of sp³-hybridized carbons (Fsp3) is 0.500. The molecule has 2 nitrogen and oxygen atoms in total. The zero-order chi connectivity index (χ0) is 11.3. The van der Waals surface area contributed by atoms with Crippen molar-refractivity contribution in [3.63, 3.8) is 0 Å². The molecule has 0 saturated carbocycles. The molecule has 3 heteroatoms. The van der Waals surface area contributed by atoms with E-state index < -0.39 is 0 Å². The van der Waals surface area contributed by atoms with Gasteiger partial charge < -0.3 is 9.84 Å². The summed E-state index contributed by atoms with van der Waals surface area (Å²) in [7, 11) is 0. The SMILES string of the molecule is CCOc1ccc(SC(C)(C)CO)cc1. The number of aliphatic hydroxyl groups excluding tert-OH is 1. The highest BCUT2D eigenvalue weighted by atomic mass is 32.2. The first-order chi connectivity index (χ1) is 7.07. The minimum absolute atomic E-state index is 0.132. The van der Waals surface area contributed by atoms with E-state index in [0.29, 0.717) is 6.61 Å². The smallest absolute Gasteiger partial charge is 0.119 e. The Hall–Kier alpha value is -0.670. The number of benzene rings is 1. The molecule has 0 bridgehead atoms. The van der Waals surface area contributed by atoms with Crippen LogP contribution >= 0.6 is 11.8 Å². The molecule has 0 amide bonds. The molecule has 0 aliphatic rings. The standard InChI is InChI=1S/C12H18O2S/c1-4-14-10-5-7-11(8-6-10)15-12(2,3)9-13/h5-8,13H,4,9H2,1-3H3. The molecule has 15 heavy (non-hydrogen) atoms. The van der Waals surface area contributed by atoms with Gasteiger partial charge in [0.25, 0.3) is 0 Å². The van der Waals surface area contributed by atoms with Crippen molar-refractivity contribution in [2.75, 3.05) is 13.2 Å². The number of aliphatic hydroxyl groups is 1. The molecule has 84 valence electrons. The molecule has 0 aliphatic carbocycles. The van der Waals surface area contributed by atoms with Crippen LogP contribution in [0.4, 0.5) is 0 Å². The summed E-state index contributed by atoms with van der Waals surface area (Å²) in [5.41, 5.74) is 0. The quantitative estimate of drug-likeness (QED) is 0.783. The number of rotatable bonds is 5. The van der Waals surface area contributed by atoms with Crippen molar-refractivity contribution in [2.45, 2.75) is 30.4 Å². The highest BCUT2D eigenvalue weighted by molar-refractivity contribution is 8.00. The van der Waals surface area contributed by atoms with Gasteiger partial charge in [-0.2, -0.15) is 0 Å². The molecule has 1 N–H and O–H groups in total. The number of ether oxygens (including phenoxy) is 1. The van der Waals surface area contributed by atoms with Crippen molar-refractivity contribution in [2.24, 2.45) is 0 Å². The summed E-state index contributed by atoms with van der Waals surface area (Å²) < 4.78 is 5.23.